The third-order valence-electron chi connectivity index (χ3n) is 4.95. The number of hydrogen-bond donors (Lipinski definition) is 0. The van der Waals surface area contributed by atoms with Gasteiger partial charge in [-0.25, -0.2) is 8.42 Å². The van der Waals surface area contributed by atoms with Crippen molar-refractivity contribution in [1.82, 2.24) is 9.80 Å². The molecule has 1 unspecified atom stereocenters. The molecule has 25 heavy (non-hydrogen) atoms. The maximum absolute atomic E-state index is 12.9. The molecule has 1 fully saturated rings. The quantitative estimate of drug-likeness (QED) is 0.730. The van der Waals surface area contributed by atoms with Crippen LogP contribution in [-0.4, -0.2) is 49.2 Å². The normalized spacial score (nSPS) is 21.0. The molecule has 3 rings (SSSR count). The number of rotatable bonds is 2. The van der Waals surface area contributed by atoms with Gasteiger partial charge in [0.2, 0.25) is 11.8 Å². The van der Waals surface area contributed by atoms with Crippen LogP contribution in [0.2, 0.25) is 0 Å². The lowest BCUT2D eigenvalue weighted by Gasteiger charge is -2.39. The van der Waals surface area contributed by atoms with Gasteiger partial charge < -0.3 is 9.80 Å². The molecule has 2 amide bonds. The molecular weight excluding hydrogens is 364 g/mol. The fourth-order valence-electron chi connectivity index (χ4n) is 3.59. The second-order valence-corrected chi connectivity index (χ2v) is 9.19. The first-order valence-electron chi connectivity index (χ1n) is 8.40. The topological polar surface area (TPSA) is 74.8 Å². The van der Waals surface area contributed by atoms with E-state index in [4.69, 9.17) is 10.7 Å². The number of likely N-dealkylation sites (tertiary alicyclic amines) is 1. The monoisotopic (exact) mass is 384 g/mol. The number of fused-ring (bicyclic) bond motifs is 1. The number of nitrogens with zero attached hydrogens (tertiary/aromatic N) is 2. The van der Waals surface area contributed by atoms with Crippen LogP contribution in [0.3, 0.4) is 0 Å². The molecule has 0 spiro atoms. The third kappa shape index (κ3) is 3.82. The zero-order valence-electron chi connectivity index (χ0n) is 14.1. The Labute approximate surface area is 152 Å². The van der Waals surface area contributed by atoms with Gasteiger partial charge >= 0.3 is 0 Å². The van der Waals surface area contributed by atoms with Gasteiger partial charge in [-0.3, -0.25) is 9.59 Å². The summed E-state index contributed by atoms with van der Waals surface area (Å²) >= 11 is 0. The molecule has 1 aromatic carbocycles. The molecule has 0 saturated carbocycles. The highest BCUT2D eigenvalue weighted by Crippen LogP contribution is 2.28. The van der Waals surface area contributed by atoms with Gasteiger partial charge in [0.25, 0.3) is 9.05 Å². The number of amides is 2. The Morgan fingerprint density at radius 1 is 1.12 bits per heavy atom. The third-order valence-corrected chi connectivity index (χ3v) is 6.30. The SMILES string of the molecule is CC(=O)N1Cc2ccc(S(=O)(=O)Cl)cc2CC1C(=O)N1CCCCC1. The molecular formula is C17H21ClN2O4S. The van der Waals surface area contributed by atoms with E-state index in [9.17, 15) is 18.0 Å². The Morgan fingerprint density at radius 2 is 1.80 bits per heavy atom. The molecule has 2 heterocycles. The summed E-state index contributed by atoms with van der Waals surface area (Å²) in [6, 6.07) is 4.04. The van der Waals surface area contributed by atoms with Crippen molar-refractivity contribution in [2.75, 3.05) is 13.1 Å². The fraction of sp³-hybridized carbons (Fsp3) is 0.529. The highest BCUT2D eigenvalue weighted by Gasteiger charge is 2.36. The Morgan fingerprint density at radius 3 is 2.40 bits per heavy atom. The van der Waals surface area contributed by atoms with Crippen molar-refractivity contribution in [3.05, 3.63) is 29.3 Å². The standard InChI is InChI=1S/C17H21ClN2O4S/c1-12(21)20-11-13-5-6-15(25(18,23)24)9-14(13)10-16(20)17(22)19-7-3-2-4-8-19/h5-6,9,16H,2-4,7-8,10-11H2,1H3. The first-order valence-corrected chi connectivity index (χ1v) is 10.7. The van der Waals surface area contributed by atoms with Gasteiger partial charge in [-0.2, -0.15) is 0 Å². The number of benzene rings is 1. The summed E-state index contributed by atoms with van der Waals surface area (Å²) in [6.45, 7) is 3.19. The van der Waals surface area contributed by atoms with Crippen LogP contribution in [0.4, 0.5) is 0 Å². The van der Waals surface area contributed by atoms with Crippen LogP contribution < -0.4 is 0 Å². The van der Waals surface area contributed by atoms with Crippen LogP contribution in [-0.2, 0) is 31.6 Å². The van der Waals surface area contributed by atoms with Crippen LogP contribution >= 0.6 is 10.7 Å². The lowest BCUT2D eigenvalue weighted by atomic mass is 9.92. The van der Waals surface area contributed by atoms with Crippen LogP contribution in [0.15, 0.2) is 23.1 Å². The van der Waals surface area contributed by atoms with Crippen molar-refractivity contribution in [2.24, 2.45) is 0 Å². The maximum Gasteiger partial charge on any atom is 0.261 e. The Hall–Kier alpha value is -1.60. The van der Waals surface area contributed by atoms with E-state index in [0.29, 0.717) is 26.1 Å². The number of carbonyl (C=O) groups is 2. The molecule has 2 aliphatic heterocycles. The molecule has 136 valence electrons. The van der Waals surface area contributed by atoms with Gasteiger partial charge in [0, 0.05) is 43.7 Å². The van der Waals surface area contributed by atoms with Crippen molar-refractivity contribution in [1.29, 1.82) is 0 Å². The molecule has 0 bridgehead atoms. The molecule has 1 aromatic rings. The summed E-state index contributed by atoms with van der Waals surface area (Å²) in [5.41, 5.74) is 1.61. The molecule has 0 N–H and O–H groups in total. The van der Waals surface area contributed by atoms with Gasteiger partial charge in [0.15, 0.2) is 0 Å². The van der Waals surface area contributed by atoms with Crippen molar-refractivity contribution in [3.63, 3.8) is 0 Å². The fourth-order valence-corrected chi connectivity index (χ4v) is 4.39. The van der Waals surface area contributed by atoms with E-state index in [1.165, 1.54) is 19.1 Å². The van der Waals surface area contributed by atoms with Gasteiger partial charge in [-0.1, -0.05) is 6.07 Å². The summed E-state index contributed by atoms with van der Waals surface area (Å²) in [6.07, 6.45) is 3.38. The smallest absolute Gasteiger partial charge is 0.261 e. The zero-order chi connectivity index (χ0) is 18.2. The lowest BCUT2D eigenvalue weighted by Crippen LogP contribution is -2.54. The summed E-state index contributed by atoms with van der Waals surface area (Å²) in [5.74, 6) is -0.213. The van der Waals surface area contributed by atoms with Crippen molar-refractivity contribution in [2.45, 2.75) is 50.1 Å². The maximum atomic E-state index is 12.9. The van der Waals surface area contributed by atoms with Crippen molar-refractivity contribution < 1.29 is 18.0 Å². The van der Waals surface area contributed by atoms with E-state index in [0.717, 1.165) is 30.4 Å². The molecule has 6 nitrogen and oxygen atoms in total. The van der Waals surface area contributed by atoms with E-state index in [2.05, 4.69) is 0 Å². The predicted molar refractivity (Wildman–Crippen MR) is 93.6 cm³/mol. The van der Waals surface area contributed by atoms with Crippen LogP contribution in [0.5, 0.6) is 0 Å². The Balaban J connectivity index is 1.93. The second-order valence-electron chi connectivity index (χ2n) is 6.62. The van der Waals surface area contributed by atoms with Crippen LogP contribution in [0.1, 0.15) is 37.3 Å². The summed E-state index contributed by atoms with van der Waals surface area (Å²) in [5, 5.41) is 0. The first kappa shape index (κ1) is 18.2. The molecule has 0 aliphatic carbocycles. The average Bonchev–Trinajstić information content (AvgIpc) is 2.59. The minimum atomic E-state index is -3.83. The van der Waals surface area contributed by atoms with E-state index in [1.807, 2.05) is 4.90 Å². The molecule has 2 aliphatic rings. The first-order chi connectivity index (χ1) is 11.8. The molecule has 8 heteroatoms. The van der Waals surface area contributed by atoms with Crippen molar-refractivity contribution >= 4 is 31.5 Å². The van der Waals surface area contributed by atoms with E-state index >= 15 is 0 Å². The predicted octanol–water partition coefficient (Wildman–Crippen LogP) is 1.90. The lowest BCUT2D eigenvalue weighted by molar-refractivity contribution is -0.146. The largest absolute Gasteiger partial charge is 0.341 e. The molecule has 0 radical (unpaired) electrons. The number of piperidine rings is 1. The minimum absolute atomic E-state index is 0.0216. The van der Waals surface area contributed by atoms with Gasteiger partial charge in [0.05, 0.1) is 4.90 Å². The van der Waals surface area contributed by atoms with Crippen LogP contribution in [0, 0.1) is 0 Å². The van der Waals surface area contributed by atoms with E-state index < -0.39 is 15.1 Å². The molecule has 1 saturated heterocycles. The average molecular weight is 385 g/mol. The van der Waals surface area contributed by atoms with Gasteiger partial charge in [0.1, 0.15) is 6.04 Å². The van der Waals surface area contributed by atoms with Crippen molar-refractivity contribution in [3.8, 4) is 0 Å². The second kappa shape index (κ2) is 6.96. The van der Waals surface area contributed by atoms with E-state index in [-0.39, 0.29) is 16.7 Å². The summed E-state index contributed by atoms with van der Waals surface area (Å²) in [7, 11) is 1.61. The van der Waals surface area contributed by atoms with Crippen LogP contribution in [0.25, 0.3) is 0 Å². The highest BCUT2D eigenvalue weighted by atomic mass is 35.7. The number of carbonyl (C=O) groups excluding carboxylic acids is 2. The van der Waals surface area contributed by atoms with Gasteiger partial charge in [-0.15, -0.1) is 0 Å². The summed E-state index contributed by atoms with van der Waals surface area (Å²) < 4.78 is 23.2. The Kier molecular flexibility index (Phi) is 5.06. The van der Waals surface area contributed by atoms with Gasteiger partial charge in [-0.05, 0) is 42.5 Å². The molecule has 0 aromatic heterocycles. The number of hydrogen-bond acceptors (Lipinski definition) is 4. The minimum Gasteiger partial charge on any atom is -0.341 e. The zero-order valence-corrected chi connectivity index (χ0v) is 15.6. The number of halogens is 1. The van der Waals surface area contributed by atoms with E-state index in [1.54, 1.807) is 11.0 Å². The molecule has 1 atom stereocenters. The summed E-state index contributed by atoms with van der Waals surface area (Å²) in [4.78, 5) is 28.4. The Bertz CT molecular complexity index is 803. The highest BCUT2D eigenvalue weighted by molar-refractivity contribution is 8.13.